The van der Waals surface area contributed by atoms with Gasteiger partial charge in [0.15, 0.2) is 0 Å². The number of nitrogens with one attached hydrogen (secondary N) is 1. The smallest absolute Gasteiger partial charge is 0.254 e. The van der Waals surface area contributed by atoms with Crippen LogP contribution in [0, 0.1) is 0 Å². The van der Waals surface area contributed by atoms with Gasteiger partial charge in [-0.2, -0.15) is 0 Å². The lowest BCUT2D eigenvalue weighted by molar-refractivity contribution is 0.0303. The van der Waals surface area contributed by atoms with Crippen molar-refractivity contribution in [2.24, 2.45) is 0 Å². The summed E-state index contributed by atoms with van der Waals surface area (Å²) in [7, 11) is 0. The van der Waals surface area contributed by atoms with Gasteiger partial charge in [0.05, 0.1) is 13.2 Å². The third-order valence-electron chi connectivity index (χ3n) is 6.84. The summed E-state index contributed by atoms with van der Waals surface area (Å²) in [6.07, 6.45) is 4.74. The Morgan fingerprint density at radius 2 is 1.63 bits per heavy atom. The van der Waals surface area contributed by atoms with Gasteiger partial charge in [-0.15, -0.1) is 0 Å². The first-order valence-electron chi connectivity index (χ1n) is 11.3. The maximum Gasteiger partial charge on any atom is 0.254 e. The number of piperidine rings is 1. The number of rotatable bonds is 4. The number of morpholine rings is 1. The fourth-order valence-corrected chi connectivity index (χ4v) is 5.08. The Bertz CT molecular complexity index is 868. The van der Waals surface area contributed by atoms with Crippen molar-refractivity contribution >= 4 is 11.6 Å². The number of hydrogen-bond acceptors (Lipinski definition) is 4. The summed E-state index contributed by atoms with van der Waals surface area (Å²) in [4.78, 5) is 17.0. The van der Waals surface area contributed by atoms with Crippen LogP contribution < -0.4 is 10.2 Å². The Morgan fingerprint density at radius 3 is 2.40 bits per heavy atom. The van der Waals surface area contributed by atoms with Crippen molar-refractivity contribution in [3.8, 4) is 0 Å². The maximum atomic E-state index is 12.6. The molecule has 1 aliphatic carbocycles. The summed E-state index contributed by atoms with van der Waals surface area (Å²) < 4.78 is 5.35. The van der Waals surface area contributed by atoms with E-state index in [1.807, 2.05) is 17.0 Å². The van der Waals surface area contributed by atoms with E-state index in [4.69, 9.17) is 4.74 Å². The summed E-state index contributed by atoms with van der Waals surface area (Å²) in [5.41, 5.74) is 5.01. The van der Waals surface area contributed by atoms with E-state index in [0.29, 0.717) is 38.4 Å². The van der Waals surface area contributed by atoms with Crippen molar-refractivity contribution in [1.29, 1.82) is 0 Å². The van der Waals surface area contributed by atoms with Crippen LogP contribution >= 0.6 is 0 Å². The highest BCUT2D eigenvalue weighted by atomic mass is 16.5. The molecule has 5 nitrogen and oxygen atoms in total. The molecular weight excluding hydrogens is 374 g/mol. The van der Waals surface area contributed by atoms with E-state index in [-0.39, 0.29) is 5.91 Å². The Hall–Kier alpha value is -2.37. The SMILES string of the molecule is O=C(c1ccc(N2CCC(NC3CCc4ccccc43)CC2)cc1)N1CCOCC1. The first-order valence-corrected chi connectivity index (χ1v) is 11.3. The van der Waals surface area contributed by atoms with Crippen LogP contribution in [0.1, 0.15) is 46.8 Å². The standard InChI is InChI=1S/C25H31N3O2/c29-25(28-15-17-30-18-16-28)20-5-8-22(9-6-20)27-13-11-21(12-14-27)26-24-10-7-19-3-1-2-4-23(19)24/h1-6,8-9,21,24,26H,7,10-18H2. The number of anilines is 1. The molecule has 1 unspecified atom stereocenters. The van der Waals surface area contributed by atoms with E-state index in [1.54, 1.807) is 0 Å². The highest BCUT2D eigenvalue weighted by molar-refractivity contribution is 5.94. The van der Waals surface area contributed by atoms with Crippen molar-refractivity contribution < 1.29 is 9.53 Å². The van der Waals surface area contributed by atoms with Gasteiger partial charge in [-0.05, 0) is 61.1 Å². The van der Waals surface area contributed by atoms with E-state index < -0.39 is 0 Å². The van der Waals surface area contributed by atoms with Gasteiger partial charge in [-0.1, -0.05) is 24.3 Å². The van der Waals surface area contributed by atoms with Gasteiger partial charge in [0.2, 0.25) is 0 Å². The number of carbonyl (C=O) groups excluding carboxylic acids is 1. The van der Waals surface area contributed by atoms with Gasteiger partial charge < -0.3 is 19.9 Å². The zero-order valence-corrected chi connectivity index (χ0v) is 17.6. The lowest BCUT2D eigenvalue weighted by atomic mass is 10.0. The van der Waals surface area contributed by atoms with Crippen LogP contribution in [0.3, 0.4) is 0 Å². The van der Waals surface area contributed by atoms with Crippen LogP contribution in [0.25, 0.3) is 0 Å². The molecule has 5 rings (SSSR count). The minimum Gasteiger partial charge on any atom is -0.378 e. The number of aryl methyl sites for hydroxylation is 1. The molecule has 2 aliphatic heterocycles. The molecule has 0 spiro atoms. The molecule has 1 N–H and O–H groups in total. The first kappa shape index (κ1) is 19.6. The second-order valence-corrected chi connectivity index (χ2v) is 8.67. The van der Waals surface area contributed by atoms with E-state index in [0.717, 1.165) is 31.5 Å². The minimum absolute atomic E-state index is 0.115. The molecule has 0 bridgehead atoms. The van der Waals surface area contributed by atoms with Crippen LogP contribution in [0.15, 0.2) is 48.5 Å². The molecule has 0 aromatic heterocycles. The molecule has 30 heavy (non-hydrogen) atoms. The summed E-state index contributed by atoms with van der Waals surface area (Å²) in [5, 5.41) is 3.92. The van der Waals surface area contributed by atoms with Crippen molar-refractivity contribution in [1.82, 2.24) is 10.2 Å². The molecule has 158 valence electrons. The average molecular weight is 406 g/mol. The van der Waals surface area contributed by atoms with E-state index in [2.05, 4.69) is 46.6 Å². The fraction of sp³-hybridized carbons (Fsp3) is 0.480. The lowest BCUT2D eigenvalue weighted by Gasteiger charge is -2.35. The molecule has 2 aromatic carbocycles. The molecule has 0 saturated carbocycles. The number of amides is 1. The quantitative estimate of drug-likeness (QED) is 0.847. The predicted molar refractivity (Wildman–Crippen MR) is 119 cm³/mol. The van der Waals surface area contributed by atoms with Gasteiger partial charge in [-0.25, -0.2) is 0 Å². The lowest BCUT2D eigenvalue weighted by Crippen LogP contribution is -2.43. The monoisotopic (exact) mass is 405 g/mol. The Morgan fingerprint density at radius 1 is 0.900 bits per heavy atom. The van der Waals surface area contributed by atoms with Crippen molar-refractivity contribution in [3.05, 3.63) is 65.2 Å². The third kappa shape index (κ3) is 4.09. The summed E-state index contributed by atoms with van der Waals surface area (Å²) >= 11 is 0. The molecule has 1 atom stereocenters. The maximum absolute atomic E-state index is 12.6. The van der Waals surface area contributed by atoms with Gasteiger partial charge in [0, 0.05) is 49.5 Å². The van der Waals surface area contributed by atoms with Gasteiger partial charge >= 0.3 is 0 Å². The summed E-state index contributed by atoms with van der Waals surface area (Å²) in [5.74, 6) is 0.115. The molecule has 1 amide bonds. The molecule has 3 aliphatic rings. The van der Waals surface area contributed by atoms with Crippen LogP contribution in [-0.2, 0) is 11.2 Å². The van der Waals surface area contributed by atoms with Gasteiger partial charge in [0.1, 0.15) is 0 Å². The summed E-state index contributed by atoms with van der Waals surface area (Å²) in [6.45, 7) is 4.77. The second kappa shape index (κ2) is 8.78. The van der Waals surface area contributed by atoms with Crippen molar-refractivity contribution in [2.75, 3.05) is 44.3 Å². The highest BCUT2D eigenvalue weighted by Gasteiger charge is 2.27. The van der Waals surface area contributed by atoms with E-state index in [1.165, 1.54) is 29.7 Å². The Balaban J connectivity index is 1.15. The Kier molecular flexibility index (Phi) is 5.73. The molecule has 2 aromatic rings. The number of carbonyl (C=O) groups is 1. The van der Waals surface area contributed by atoms with Crippen LogP contribution in [0.4, 0.5) is 5.69 Å². The first-order chi connectivity index (χ1) is 14.8. The average Bonchev–Trinajstić information content (AvgIpc) is 3.23. The molecular formula is C25H31N3O2. The van der Waals surface area contributed by atoms with Crippen LogP contribution in [0.5, 0.6) is 0 Å². The van der Waals surface area contributed by atoms with Gasteiger partial charge in [-0.3, -0.25) is 4.79 Å². The van der Waals surface area contributed by atoms with Crippen LogP contribution in [-0.4, -0.2) is 56.2 Å². The summed E-state index contributed by atoms with van der Waals surface area (Å²) in [6, 6.07) is 18.1. The highest BCUT2D eigenvalue weighted by Crippen LogP contribution is 2.32. The Labute approximate surface area is 179 Å². The van der Waals surface area contributed by atoms with Crippen LogP contribution in [0.2, 0.25) is 0 Å². The fourth-order valence-electron chi connectivity index (χ4n) is 5.08. The number of hydrogen-bond donors (Lipinski definition) is 1. The topological polar surface area (TPSA) is 44.8 Å². The minimum atomic E-state index is 0.115. The predicted octanol–water partition coefficient (Wildman–Crippen LogP) is 3.40. The third-order valence-corrected chi connectivity index (χ3v) is 6.84. The molecule has 2 fully saturated rings. The van der Waals surface area contributed by atoms with E-state index in [9.17, 15) is 4.79 Å². The number of fused-ring (bicyclic) bond motifs is 1. The molecule has 2 saturated heterocycles. The number of benzene rings is 2. The molecule has 0 radical (unpaired) electrons. The largest absolute Gasteiger partial charge is 0.378 e. The number of nitrogens with zero attached hydrogens (tertiary/aromatic N) is 2. The van der Waals surface area contributed by atoms with Crippen molar-refractivity contribution in [2.45, 2.75) is 37.8 Å². The number of ether oxygens (including phenoxy) is 1. The van der Waals surface area contributed by atoms with Gasteiger partial charge in [0.25, 0.3) is 5.91 Å². The second-order valence-electron chi connectivity index (χ2n) is 8.67. The zero-order chi connectivity index (χ0) is 20.3. The van der Waals surface area contributed by atoms with Crippen molar-refractivity contribution in [3.63, 3.8) is 0 Å². The van der Waals surface area contributed by atoms with E-state index >= 15 is 0 Å². The molecule has 2 heterocycles. The normalized spacial score (nSPS) is 22.2. The zero-order valence-electron chi connectivity index (χ0n) is 17.6. The molecule has 5 heteroatoms.